The second-order valence-electron chi connectivity index (χ2n) is 4.48. The molecule has 1 N–H and O–H groups in total. The van der Waals surface area contributed by atoms with E-state index in [-0.39, 0.29) is 5.91 Å². The molecule has 0 aliphatic carbocycles. The minimum absolute atomic E-state index is 0.0336. The summed E-state index contributed by atoms with van der Waals surface area (Å²) in [6.07, 6.45) is 5.32. The predicted molar refractivity (Wildman–Crippen MR) is 83.9 cm³/mol. The standard InChI is InChI=1S/C14H13N5OS/c1-10-7-12(19-6-2-5-16-19)4-3-11(10)8-15-18-14-17-13(20)9-21-14/h2-8H,9H2,1H3,(H,17,18,20). The Hall–Kier alpha value is -2.41. The molecule has 1 aliphatic heterocycles. The maximum Gasteiger partial charge on any atom is 0.236 e. The number of hydrogen-bond donors (Lipinski definition) is 1. The Morgan fingerprint density at radius 3 is 3.05 bits per heavy atom. The van der Waals surface area contributed by atoms with Crippen LogP contribution in [0.4, 0.5) is 0 Å². The first-order chi connectivity index (χ1) is 10.2. The summed E-state index contributed by atoms with van der Waals surface area (Å²) in [6, 6.07) is 7.86. The van der Waals surface area contributed by atoms with Gasteiger partial charge in [-0.3, -0.25) is 4.79 Å². The lowest BCUT2D eigenvalue weighted by atomic mass is 10.1. The summed E-state index contributed by atoms with van der Waals surface area (Å²) in [7, 11) is 0. The molecule has 7 heteroatoms. The van der Waals surface area contributed by atoms with Gasteiger partial charge in [0.05, 0.1) is 17.7 Å². The van der Waals surface area contributed by atoms with E-state index in [1.165, 1.54) is 11.8 Å². The number of rotatable bonds is 3. The number of benzene rings is 1. The molecule has 1 fully saturated rings. The van der Waals surface area contributed by atoms with Crippen molar-refractivity contribution < 1.29 is 4.79 Å². The zero-order valence-electron chi connectivity index (χ0n) is 11.4. The number of amidine groups is 1. The van der Waals surface area contributed by atoms with E-state index < -0.39 is 0 Å². The highest BCUT2D eigenvalue weighted by atomic mass is 32.2. The number of aromatic nitrogens is 2. The molecule has 6 nitrogen and oxygen atoms in total. The van der Waals surface area contributed by atoms with Crippen molar-refractivity contribution in [3.63, 3.8) is 0 Å². The largest absolute Gasteiger partial charge is 0.303 e. The van der Waals surface area contributed by atoms with E-state index in [0.29, 0.717) is 10.9 Å². The molecule has 21 heavy (non-hydrogen) atoms. The van der Waals surface area contributed by atoms with Crippen molar-refractivity contribution in [3.8, 4) is 5.69 Å². The van der Waals surface area contributed by atoms with Gasteiger partial charge in [0, 0.05) is 12.4 Å². The second kappa shape index (κ2) is 5.92. The number of nitrogens with one attached hydrogen (secondary N) is 1. The second-order valence-corrected chi connectivity index (χ2v) is 5.44. The van der Waals surface area contributed by atoms with Crippen LogP contribution in [-0.2, 0) is 4.79 Å². The average molecular weight is 299 g/mol. The molecule has 0 bridgehead atoms. The average Bonchev–Trinajstić information content (AvgIpc) is 3.12. The van der Waals surface area contributed by atoms with Crippen LogP contribution < -0.4 is 5.32 Å². The van der Waals surface area contributed by atoms with Gasteiger partial charge in [-0.05, 0) is 36.2 Å². The number of thioether (sulfide) groups is 1. The molecule has 0 spiro atoms. The minimum atomic E-state index is -0.0336. The van der Waals surface area contributed by atoms with Crippen LogP contribution in [0.3, 0.4) is 0 Å². The molecular formula is C14H13N5OS. The number of aryl methyl sites for hydroxylation is 1. The smallest absolute Gasteiger partial charge is 0.236 e. The number of hydrogen-bond acceptors (Lipinski definition) is 5. The van der Waals surface area contributed by atoms with Gasteiger partial charge in [0.15, 0.2) is 5.17 Å². The molecule has 3 rings (SSSR count). The van der Waals surface area contributed by atoms with Crippen molar-refractivity contribution in [1.82, 2.24) is 15.1 Å². The third kappa shape index (κ3) is 3.19. The summed E-state index contributed by atoms with van der Waals surface area (Å²) in [5, 5.41) is 15.4. The van der Waals surface area contributed by atoms with E-state index in [9.17, 15) is 4.79 Å². The van der Waals surface area contributed by atoms with Gasteiger partial charge in [-0.2, -0.15) is 10.2 Å². The van der Waals surface area contributed by atoms with Gasteiger partial charge in [-0.25, -0.2) is 4.68 Å². The highest BCUT2D eigenvalue weighted by Gasteiger charge is 2.15. The zero-order valence-corrected chi connectivity index (χ0v) is 12.2. The Balaban J connectivity index is 1.76. The number of amides is 1. The highest BCUT2D eigenvalue weighted by molar-refractivity contribution is 8.15. The van der Waals surface area contributed by atoms with Gasteiger partial charge in [0.1, 0.15) is 0 Å². The fraction of sp³-hybridized carbons (Fsp3) is 0.143. The first kappa shape index (κ1) is 13.6. The zero-order chi connectivity index (χ0) is 14.7. The predicted octanol–water partition coefficient (Wildman–Crippen LogP) is 1.73. The Kier molecular flexibility index (Phi) is 3.83. The lowest BCUT2D eigenvalue weighted by Gasteiger charge is -2.04. The number of carbonyl (C=O) groups is 1. The van der Waals surface area contributed by atoms with Crippen molar-refractivity contribution >= 4 is 29.1 Å². The minimum Gasteiger partial charge on any atom is -0.303 e. The third-order valence-corrected chi connectivity index (χ3v) is 3.82. The molecule has 1 amide bonds. The maximum atomic E-state index is 11.0. The fourth-order valence-electron chi connectivity index (χ4n) is 1.89. The molecule has 2 aromatic rings. The van der Waals surface area contributed by atoms with Crippen molar-refractivity contribution in [3.05, 3.63) is 47.8 Å². The van der Waals surface area contributed by atoms with Crippen LogP contribution in [0.1, 0.15) is 11.1 Å². The lowest BCUT2D eigenvalue weighted by molar-refractivity contribution is -0.116. The monoisotopic (exact) mass is 299 g/mol. The van der Waals surface area contributed by atoms with Crippen LogP contribution in [0.2, 0.25) is 0 Å². The SMILES string of the molecule is Cc1cc(-n2cccn2)ccc1C=NN=C1NC(=O)CS1. The first-order valence-corrected chi connectivity index (χ1v) is 7.35. The summed E-state index contributed by atoms with van der Waals surface area (Å²) < 4.78 is 1.80. The lowest BCUT2D eigenvalue weighted by Crippen LogP contribution is -2.19. The van der Waals surface area contributed by atoms with E-state index in [1.54, 1.807) is 17.1 Å². The van der Waals surface area contributed by atoms with Crippen LogP contribution in [0.5, 0.6) is 0 Å². The molecule has 1 aliphatic rings. The van der Waals surface area contributed by atoms with E-state index in [2.05, 4.69) is 20.6 Å². The molecule has 0 unspecified atom stereocenters. The summed E-state index contributed by atoms with van der Waals surface area (Å²) in [5.41, 5.74) is 3.05. The van der Waals surface area contributed by atoms with Crippen molar-refractivity contribution in [2.45, 2.75) is 6.92 Å². The normalized spacial score (nSPS) is 16.8. The first-order valence-electron chi connectivity index (χ1n) is 6.37. The summed E-state index contributed by atoms with van der Waals surface area (Å²) >= 11 is 1.35. The summed E-state index contributed by atoms with van der Waals surface area (Å²) in [4.78, 5) is 11.0. The van der Waals surface area contributed by atoms with Crippen LogP contribution >= 0.6 is 11.8 Å². The molecule has 1 aromatic carbocycles. The maximum absolute atomic E-state index is 11.0. The Morgan fingerprint density at radius 2 is 2.38 bits per heavy atom. The van der Waals surface area contributed by atoms with Gasteiger partial charge in [-0.15, -0.1) is 5.10 Å². The Bertz CT molecular complexity index is 721. The van der Waals surface area contributed by atoms with Gasteiger partial charge in [0.25, 0.3) is 0 Å². The van der Waals surface area contributed by atoms with Gasteiger partial charge < -0.3 is 5.32 Å². The van der Waals surface area contributed by atoms with Crippen LogP contribution in [0, 0.1) is 6.92 Å². The van der Waals surface area contributed by atoms with Gasteiger partial charge in [-0.1, -0.05) is 17.8 Å². The molecule has 1 aromatic heterocycles. The van der Waals surface area contributed by atoms with Gasteiger partial charge >= 0.3 is 0 Å². The van der Waals surface area contributed by atoms with Crippen molar-refractivity contribution in [2.75, 3.05) is 5.75 Å². The third-order valence-electron chi connectivity index (χ3n) is 2.95. The van der Waals surface area contributed by atoms with E-state index in [4.69, 9.17) is 0 Å². The fourth-order valence-corrected chi connectivity index (χ4v) is 2.52. The summed E-state index contributed by atoms with van der Waals surface area (Å²) in [5.74, 6) is 0.375. The molecule has 0 saturated carbocycles. The number of nitrogens with zero attached hydrogens (tertiary/aromatic N) is 4. The van der Waals surface area contributed by atoms with Crippen molar-refractivity contribution in [1.29, 1.82) is 0 Å². The van der Waals surface area contributed by atoms with Crippen molar-refractivity contribution in [2.24, 2.45) is 10.2 Å². The molecule has 106 valence electrons. The highest BCUT2D eigenvalue weighted by Crippen LogP contribution is 2.13. The van der Waals surface area contributed by atoms with Crippen LogP contribution in [0.15, 0.2) is 46.9 Å². The topological polar surface area (TPSA) is 71.6 Å². The van der Waals surface area contributed by atoms with E-state index >= 15 is 0 Å². The summed E-state index contributed by atoms with van der Waals surface area (Å²) in [6.45, 7) is 2.01. The molecular weight excluding hydrogens is 286 g/mol. The molecule has 0 radical (unpaired) electrons. The Morgan fingerprint density at radius 1 is 1.48 bits per heavy atom. The van der Waals surface area contributed by atoms with E-state index in [1.807, 2.05) is 37.4 Å². The quantitative estimate of drug-likeness (QED) is 0.693. The van der Waals surface area contributed by atoms with Crippen LogP contribution in [-0.4, -0.2) is 32.8 Å². The van der Waals surface area contributed by atoms with Crippen LogP contribution in [0.25, 0.3) is 5.69 Å². The Labute approximate surface area is 126 Å². The molecule has 0 atom stereocenters. The van der Waals surface area contributed by atoms with E-state index in [0.717, 1.165) is 16.8 Å². The number of carbonyl (C=O) groups excluding carboxylic acids is 1. The molecule has 2 heterocycles. The molecule has 1 saturated heterocycles. The van der Waals surface area contributed by atoms with Gasteiger partial charge in [0.2, 0.25) is 5.91 Å².